The van der Waals surface area contributed by atoms with Crippen LogP contribution in [0.1, 0.15) is 20.8 Å². The van der Waals surface area contributed by atoms with Gasteiger partial charge in [-0.05, 0) is 17.9 Å². The normalized spacial score (nSPS) is 26.4. The van der Waals surface area contributed by atoms with Gasteiger partial charge in [0.1, 0.15) is 0 Å². The van der Waals surface area contributed by atoms with E-state index in [0.29, 0.717) is 17.5 Å². The number of anilines is 2. The van der Waals surface area contributed by atoms with E-state index in [-0.39, 0.29) is 11.9 Å². The summed E-state index contributed by atoms with van der Waals surface area (Å²) in [5, 5.41) is 0. The Bertz CT molecular complexity index is 479. The van der Waals surface area contributed by atoms with Crippen LogP contribution in [0.15, 0.2) is 18.5 Å². The molecule has 5 heteroatoms. The molecular weight excluding hydrogens is 252 g/mol. The standard InChI is InChI=1S/C15H24N4O/c1-10-8-19(14-5-6-17-7-13(14)16)9-11(2)15(10)18(4)12(3)20/h5-7,10-11,15H,8-9,16H2,1-4H3/t10-,11+,15?. The first kappa shape index (κ1) is 14.6. The molecule has 1 aromatic rings. The maximum atomic E-state index is 11.6. The Balaban J connectivity index is 2.18. The third-order valence-corrected chi connectivity index (χ3v) is 4.30. The van der Waals surface area contributed by atoms with E-state index in [1.54, 1.807) is 19.3 Å². The molecule has 1 saturated heterocycles. The Labute approximate surface area is 120 Å². The third-order valence-electron chi connectivity index (χ3n) is 4.30. The summed E-state index contributed by atoms with van der Waals surface area (Å²) in [4.78, 5) is 19.8. The number of rotatable bonds is 2. The Kier molecular flexibility index (Phi) is 4.16. The van der Waals surface area contributed by atoms with Crippen molar-refractivity contribution in [2.45, 2.75) is 26.8 Å². The zero-order chi connectivity index (χ0) is 14.9. The lowest BCUT2D eigenvalue weighted by Gasteiger charge is -2.46. The van der Waals surface area contributed by atoms with Gasteiger partial charge >= 0.3 is 0 Å². The molecule has 1 aromatic heterocycles. The number of hydrogen-bond donors (Lipinski definition) is 1. The number of nitrogens with zero attached hydrogens (tertiary/aromatic N) is 3. The first-order valence-corrected chi connectivity index (χ1v) is 7.09. The smallest absolute Gasteiger partial charge is 0.219 e. The van der Waals surface area contributed by atoms with E-state index in [0.717, 1.165) is 18.8 Å². The molecule has 0 bridgehead atoms. The van der Waals surface area contributed by atoms with Crippen molar-refractivity contribution in [3.05, 3.63) is 18.5 Å². The SMILES string of the molecule is CC(=O)N(C)C1[C@H](C)CN(c2ccncc2N)C[C@@H]1C. The molecule has 0 aliphatic carbocycles. The molecule has 1 unspecified atom stereocenters. The second kappa shape index (κ2) is 5.69. The maximum absolute atomic E-state index is 11.6. The van der Waals surface area contributed by atoms with Crippen LogP contribution in [-0.2, 0) is 4.79 Å². The van der Waals surface area contributed by atoms with Crippen LogP contribution in [0.2, 0.25) is 0 Å². The van der Waals surface area contributed by atoms with Crippen LogP contribution in [0.5, 0.6) is 0 Å². The van der Waals surface area contributed by atoms with Crippen molar-refractivity contribution >= 4 is 17.3 Å². The summed E-state index contributed by atoms with van der Waals surface area (Å²) in [6.45, 7) is 7.84. The lowest BCUT2D eigenvalue weighted by atomic mass is 9.84. The van der Waals surface area contributed by atoms with Crippen LogP contribution < -0.4 is 10.6 Å². The van der Waals surface area contributed by atoms with Crippen molar-refractivity contribution in [1.82, 2.24) is 9.88 Å². The summed E-state index contributed by atoms with van der Waals surface area (Å²) in [7, 11) is 1.90. The van der Waals surface area contributed by atoms with Crippen molar-refractivity contribution in [1.29, 1.82) is 0 Å². The van der Waals surface area contributed by atoms with Crippen molar-refractivity contribution in [2.75, 3.05) is 30.8 Å². The van der Waals surface area contributed by atoms with Gasteiger partial charge < -0.3 is 15.5 Å². The summed E-state index contributed by atoms with van der Waals surface area (Å²) in [5.74, 6) is 0.936. The topological polar surface area (TPSA) is 62.5 Å². The van der Waals surface area contributed by atoms with Crippen LogP contribution in [0.25, 0.3) is 0 Å². The predicted octanol–water partition coefficient (Wildman–Crippen LogP) is 1.60. The number of amides is 1. The van der Waals surface area contributed by atoms with Crippen molar-refractivity contribution in [2.24, 2.45) is 11.8 Å². The second-order valence-electron chi connectivity index (χ2n) is 5.91. The first-order valence-electron chi connectivity index (χ1n) is 7.09. The molecule has 5 nitrogen and oxygen atoms in total. The molecule has 1 fully saturated rings. The molecular formula is C15H24N4O. The second-order valence-corrected chi connectivity index (χ2v) is 5.91. The van der Waals surface area contributed by atoms with Gasteiger partial charge in [0.15, 0.2) is 0 Å². The fourth-order valence-corrected chi connectivity index (χ4v) is 3.40. The molecule has 0 saturated carbocycles. The largest absolute Gasteiger partial charge is 0.396 e. The van der Waals surface area contributed by atoms with Crippen LogP contribution in [0.3, 0.4) is 0 Å². The Morgan fingerprint density at radius 1 is 1.40 bits per heavy atom. The van der Waals surface area contributed by atoms with E-state index in [4.69, 9.17) is 5.73 Å². The minimum Gasteiger partial charge on any atom is -0.396 e. The van der Waals surface area contributed by atoms with Crippen molar-refractivity contribution < 1.29 is 4.79 Å². The number of nitrogen functional groups attached to an aromatic ring is 1. The van der Waals surface area contributed by atoms with Gasteiger partial charge in [0.05, 0.1) is 17.6 Å². The monoisotopic (exact) mass is 276 g/mol. The zero-order valence-electron chi connectivity index (χ0n) is 12.7. The summed E-state index contributed by atoms with van der Waals surface area (Å²) in [6, 6.07) is 2.25. The van der Waals surface area contributed by atoms with Crippen LogP contribution in [0.4, 0.5) is 11.4 Å². The van der Waals surface area contributed by atoms with Gasteiger partial charge in [-0.25, -0.2) is 0 Å². The van der Waals surface area contributed by atoms with E-state index in [9.17, 15) is 4.79 Å². The lowest BCUT2D eigenvalue weighted by molar-refractivity contribution is -0.131. The molecule has 2 rings (SSSR count). The van der Waals surface area contributed by atoms with Crippen LogP contribution in [-0.4, -0.2) is 42.0 Å². The summed E-state index contributed by atoms with van der Waals surface area (Å²) in [6.07, 6.45) is 3.47. The molecule has 1 aliphatic heterocycles. The fraction of sp³-hybridized carbons (Fsp3) is 0.600. The van der Waals surface area contributed by atoms with Gasteiger partial charge in [-0.3, -0.25) is 9.78 Å². The van der Waals surface area contributed by atoms with E-state index >= 15 is 0 Å². The highest BCUT2D eigenvalue weighted by Gasteiger charge is 2.35. The molecule has 20 heavy (non-hydrogen) atoms. The van der Waals surface area contributed by atoms with Gasteiger partial charge in [0.2, 0.25) is 5.91 Å². The van der Waals surface area contributed by atoms with E-state index in [1.807, 2.05) is 18.0 Å². The molecule has 2 N–H and O–H groups in total. The highest BCUT2D eigenvalue weighted by Crippen LogP contribution is 2.31. The van der Waals surface area contributed by atoms with Crippen LogP contribution in [0, 0.1) is 11.8 Å². The van der Waals surface area contributed by atoms with Gasteiger partial charge in [-0.15, -0.1) is 0 Å². The minimum atomic E-state index is 0.130. The molecule has 1 aliphatic rings. The number of pyridine rings is 1. The average Bonchev–Trinajstić information content (AvgIpc) is 2.38. The number of nitrogens with two attached hydrogens (primary N) is 1. The van der Waals surface area contributed by atoms with Crippen molar-refractivity contribution in [3.63, 3.8) is 0 Å². The lowest BCUT2D eigenvalue weighted by Crippen LogP contribution is -2.55. The van der Waals surface area contributed by atoms with Gasteiger partial charge in [-0.2, -0.15) is 0 Å². The van der Waals surface area contributed by atoms with E-state index in [1.165, 1.54) is 0 Å². The number of carbonyl (C=O) groups excluding carboxylic acids is 1. The summed E-state index contributed by atoms with van der Waals surface area (Å²) >= 11 is 0. The molecule has 0 spiro atoms. The zero-order valence-corrected chi connectivity index (χ0v) is 12.7. The number of piperidine rings is 1. The number of carbonyl (C=O) groups is 1. The Hall–Kier alpha value is -1.78. The summed E-state index contributed by atoms with van der Waals surface area (Å²) in [5.41, 5.74) is 7.77. The number of hydrogen-bond acceptors (Lipinski definition) is 4. The fourth-order valence-electron chi connectivity index (χ4n) is 3.40. The Morgan fingerprint density at radius 2 is 2.00 bits per heavy atom. The third kappa shape index (κ3) is 2.71. The first-order chi connectivity index (χ1) is 9.41. The van der Waals surface area contributed by atoms with Gasteiger partial charge in [-0.1, -0.05) is 13.8 Å². The van der Waals surface area contributed by atoms with E-state index in [2.05, 4.69) is 23.7 Å². The molecule has 1 amide bonds. The van der Waals surface area contributed by atoms with Gasteiger partial charge in [0.25, 0.3) is 0 Å². The maximum Gasteiger partial charge on any atom is 0.219 e. The molecule has 2 heterocycles. The highest BCUT2D eigenvalue weighted by atomic mass is 16.2. The molecule has 0 radical (unpaired) electrons. The highest BCUT2D eigenvalue weighted by molar-refractivity contribution is 5.73. The van der Waals surface area contributed by atoms with Crippen molar-refractivity contribution in [3.8, 4) is 0 Å². The van der Waals surface area contributed by atoms with Crippen LogP contribution >= 0.6 is 0 Å². The minimum absolute atomic E-state index is 0.130. The summed E-state index contributed by atoms with van der Waals surface area (Å²) < 4.78 is 0. The molecule has 110 valence electrons. The molecule has 0 aromatic carbocycles. The van der Waals surface area contributed by atoms with Gasteiger partial charge in [0, 0.05) is 39.3 Å². The van der Waals surface area contributed by atoms with E-state index < -0.39 is 0 Å². The predicted molar refractivity (Wildman–Crippen MR) is 81.4 cm³/mol. The quantitative estimate of drug-likeness (QED) is 0.891. The average molecular weight is 276 g/mol. The Morgan fingerprint density at radius 3 is 2.50 bits per heavy atom. The molecule has 3 atom stereocenters. The number of aromatic nitrogens is 1.